The normalized spacial score (nSPS) is 26.4. The van der Waals surface area contributed by atoms with Crippen LogP contribution in [0.25, 0.3) is 0 Å². The number of methoxy groups -OCH3 is 1. The van der Waals surface area contributed by atoms with Gasteiger partial charge in [-0.1, -0.05) is 12.5 Å². The van der Waals surface area contributed by atoms with Crippen LogP contribution >= 0.6 is 0 Å². The molecule has 0 radical (unpaired) electrons. The Balaban J connectivity index is 1.78. The molecule has 0 bridgehead atoms. The van der Waals surface area contributed by atoms with E-state index in [0.717, 1.165) is 31.1 Å². The van der Waals surface area contributed by atoms with Crippen molar-refractivity contribution < 1.29 is 14.2 Å². The van der Waals surface area contributed by atoms with Crippen LogP contribution in [0.5, 0.6) is 11.5 Å². The SMILES string of the molecule is COc1ccc(C2CCCCN2)cc1OC1CCOC1. The number of benzene rings is 1. The van der Waals surface area contributed by atoms with Gasteiger partial charge >= 0.3 is 0 Å². The lowest BCUT2D eigenvalue weighted by Crippen LogP contribution is -2.26. The molecule has 20 heavy (non-hydrogen) atoms. The lowest BCUT2D eigenvalue weighted by Gasteiger charge is -2.25. The Kier molecular flexibility index (Phi) is 4.43. The van der Waals surface area contributed by atoms with Gasteiger partial charge in [0.15, 0.2) is 11.5 Å². The highest BCUT2D eigenvalue weighted by Crippen LogP contribution is 2.34. The van der Waals surface area contributed by atoms with Gasteiger partial charge in [0.1, 0.15) is 6.10 Å². The summed E-state index contributed by atoms with van der Waals surface area (Å²) in [6.07, 6.45) is 4.86. The number of hydrogen-bond acceptors (Lipinski definition) is 4. The highest BCUT2D eigenvalue weighted by atomic mass is 16.6. The predicted octanol–water partition coefficient (Wildman–Crippen LogP) is 2.68. The van der Waals surface area contributed by atoms with E-state index in [1.807, 2.05) is 6.07 Å². The average Bonchev–Trinajstić information content (AvgIpc) is 3.01. The molecule has 2 aliphatic rings. The number of ether oxygens (including phenoxy) is 3. The monoisotopic (exact) mass is 277 g/mol. The van der Waals surface area contributed by atoms with Crippen molar-refractivity contribution in [1.29, 1.82) is 0 Å². The van der Waals surface area contributed by atoms with Gasteiger partial charge in [0.2, 0.25) is 0 Å². The fourth-order valence-electron chi connectivity index (χ4n) is 2.92. The highest BCUT2D eigenvalue weighted by molar-refractivity contribution is 5.44. The van der Waals surface area contributed by atoms with Crippen molar-refractivity contribution in [2.24, 2.45) is 0 Å². The second kappa shape index (κ2) is 6.46. The lowest BCUT2D eigenvalue weighted by molar-refractivity contribution is 0.138. The number of hydrogen-bond donors (Lipinski definition) is 1. The molecule has 2 saturated heterocycles. The van der Waals surface area contributed by atoms with Crippen molar-refractivity contribution in [3.63, 3.8) is 0 Å². The molecular weight excluding hydrogens is 254 g/mol. The van der Waals surface area contributed by atoms with Crippen molar-refractivity contribution >= 4 is 0 Å². The minimum atomic E-state index is 0.151. The van der Waals surface area contributed by atoms with Crippen LogP contribution in [0.15, 0.2) is 18.2 Å². The summed E-state index contributed by atoms with van der Waals surface area (Å²) in [5.74, 6) is 1.64. The minimum absolute atomic E-state index is 0.151. The van der Waals surface area contributed by atoms with Crippen LogP contribution in [0.1, 0.15) is 37.3 Å². The second-order valence-electron chi connectivity index (χ2n) is 5.52. The molecule has 1 aromatic carbocycles. The van der Waals surface area contributed by atoms with Crippen molar-refractivity contribution in [1.82, 2.24) is 5.32 Å². The number of rotatable bonds is 4. The van der Waals surface area contributed by atoms with E-state index in [4.69, 9.17) is 14.2 Å². The first-order chi connectivity index (χ1) is 9.86. The second-order valence-corrected chi connectivity index (χ2v) is 5.52. The third-order valence-electron chi connectivity index (χ3n) is 4.08. The third kappa shape index (κ3) is 3.07. The summed E-state index contributed by atoms with van der Waals surface area (Å²) in [7, 11) is 1.69. The summed E-state index contributed by atoms with van der Waals surface area (Å²) in [5, 5.41) is 3.57. The van der Waals surface area contributed by atoms with Crippen LogP contribution in [0, 0.1) is 0 Å². The molecule has 110 valence electrons. The fraction of sp³-hybridized carbons (Fsp3) is 0.625. The number of nitrogens with one attached hydrogen (secondary N) is 1. The molecular formula is C16H23NO3. The van der Waals surface area contributed by atoms with Crippen molar-refractivity contribution in [2.45, 2.75) is 37.8 Å². The zero-order valence-electron chi connectivity index (χ0n) is 12.1. The van der Waals surface area contributed by atoms with E-state index < -0.39 is 0 Å². The zero-order valence-corrected chi connectivity index (χ0v) is 12.1. The molecule has 3 rings (SSSR count). The van der Waals surface area contributed by atoms with Gasteiger partial charge in [-0.3, -0.25) is 0 Å². The van der Waals surface area contributed by atoms with Gasteiger partial charge < -0.3 is 19.5 Å². The first kappa shape index (κ1) is 13.7. The van der Waals surface area contributed by atoms with Crippen LogP contribution in [-0.2, 0) is 4.74 Å². The topological polar surface area (TPSA) is 39.7 Å². The van der Waals surface area contributed by atoms with Crippen molar-refractivity contribution in [2.75, 3.05) is 26.9 Å². The quantitative estimate of drug-likeness (QED) is 0.918. The van der Waals surface area contributed by atoms with E-state index >= 15 is 0 Å². The molecule has 2 fully saturated rings. The first-order valence-electron chi connectivity index (χ1n) is 7.52. The van der Waals surface area contributed by atoms with Crippen LogP contribution in [0.3, 0.4) is 0 Å². The summed E-state index contributed by atoms with van der Waals surface area (Å²) in [6.45, 7) is 2.56. The molecule has 0 aromatic heterocycles. The Labute approximate surface area is 120 Å². The van der Waals surface area contributed by atoms with Crippen LogP contribution in [0.2, 0.25) is 0 Å². The lowest BCUT2D eigenvalue weighted by atomic mass is 9.97. The summed E-state index contributed by atoms with van der Waals surface area (Å²) in [6, 6.07) is 6.72. The molecule has 0 spiro atoms. The van der Waals surface area contributed by atoms with Crippen LogP contribution < -0.4 is 14.8 Å². The van der Waals surface area contributed by atoms with Crippen molar-refractivity contribution in [3.8, 4) is 11.5 Å². The molecule has 1 N–H and O–H groups in total. The Hall–Kier alpha value is -1.26. The van der Waals surface area contributed by atoms with Gasteiger partial charge in [0.05, 0.1) is 20.3 Å². The molecule has 0 aliphatic carbocycles. The smallest absolute Gasteiger partial charge is 0.162 e. The molecule has 1 aromatic rings. The molecule has 2 unspecified atom stereocenters. The largest absolute Gasteiger partial charge is 0.493 e. The van der Waals surface area contributed by atoms with Gasteiger partial charge in [-0.15, -0.1) is 0 Å². The Morgan fingerprint density at radius 3 is 2.85 bits per heavy atom. The van der Waals surface area contributed by atoms with Gasteiger partial charge in [-0.05, 0) is 37.1 Å². The third-order valence-corrected chi connectivity index (χ3v) is 4.08. The maximum Gasteiger partial charge on any atom is 0.162 e. The van der Waals surface area contributed by atoms with Gasteiger partial charge in [-0.25, -0.2) is 0 Å². The van der Waals surface area contributed by atoms with Gasteiger partial charge in [-0.2, -0.15) is 0 Å². The van der Waals surface area contributed by atoms with E-state index in [9.17, 15) is 0 Å². The highest BCUT2D eigenvalue weighted by Gasteiger charge is 2.21. The summed E-state index contributed by atoms with van der Waals surface area (Å²) in [4.78, 5) is 0. The molecule has 2 heterocycles. The summed E-state index contributed by atoms with van der Waals surface area (Å²) < 4.78 is 16.8. The Morgan fingerprint density at radius 2 is 2.15 bits per heavy atom. The molecule has 4 heteroatoms. The van der Waals surface area contributed by atoms with E-state index in [-0.39, 0.29) is 6.10 Å². The van der Waals surface area contributed by atoms with E-state index in [1.165, 1.54) is 24.8 Å². The average molecular weight is 277 g/mol. The van der Waals surface area contributed by atoms with E-state index in [2.05, 4.69) is 17.4 Å². The fourth-order valence-corrected chi connectivity index (χ4v) is 2.92. The molecule has 4 nitrogen and oxygen atoms in total. The zero-order chi connectivity index (χ0) is 13.8. The summed E-state index contributed by atoms with van der Waals surface area (Å²) >= 11 is 0. The van der Waals surface area contributed by atoms with Crippen LogP contribution in [0.4, 0.5) is 0 Å². The molecule has 0 saturated carbocycles. The number of piperidine rings is 1. The standard InChI is InChI=1S/C16H23NO3/c1-18-15-6-5-12(14-4-2-3-8-17-14)10-16(15)20-13-7-9-19-11-13/h5-6,10,13-14,17H,2-4,7-9,11H2,1H3. The Morgan fingerprint density at radius 1 is 1.20 bits per heavy atom. The Bertz CT molecular complexity index is 437. The minimum Gasteiger partial charge on any atom is -0.493 e. The summed E-state index contributed by atoms with van der Waals surface area (Å²) in [5.41, 5.74) is 1.29. The van der Waals surface area contributed by atoms with E-state index in [1.54, 1.807) is 7.11 Å². The molecule has 0 amide bonds. The first-order valence-corrected chi connectivity index (χ1v) is 7.52. The maximum absolute atomic E-state index is 6.05. The van der Waals surface area contributed by atoms with Crippen molar-refractivity contribution in [3.05, 3.63) is 23.8 Å². The van der Waals surface area contributed by atoms with E-state index in [0.29, 0.717) is 12.6 Å². The van der Waals surface area contributed by atoms with Gasteiger partial charge in [0.25, 0.3) is 0 Å². The molecule has 2 aliphatic heterocycles. The van der Waals surface area contributed by atoms with Crippen LogP contribution in [-0.4, -0.2) is 33.0 Å². The molecule has 2 atom stereocenters. The van der Waals surface area contributed by atoms with Gasteiger partial charge in [0, 0.05) is 12.5 Å². The predicted molar refractivity (Wildman–Crippen MR) is 77.4 cm³/mol. The maximum atomic E-state index is 6.05.